The first kappa shape index (κ1) is 18.2. The molecule has 26 heavy (non-hydrogen) atoms. The van der Waals surface area contributed by atoms with Gasteiger partial charge in [0.1, 0.15) is 6.04 Å². The van der Waals surface area contributed by atoms with E-state index in [0.29, 0.717) is 45.2 Å². The molecule has 7 nitrogen and oxygen atoms in total. The van der Waals surface area contributed by atoms with Crippen LogP contribution in [0.1, 0.15) is 37.7 Å². The largest absolute Gasteiger partial charge is 0.481 e. The van der Waals surface area contributed by atoms with Crippen molar-refractivity contribution in [3.8, 4) is 0 Å². The second-order valence-electron chi connectivity index (χ2n) is 7.09. The van der Waals surface area contributed by atoms with E-state index in [1.165, 1.54) is 0 Å². The number of aliphatic carboxylic acids is 1. The minimum atomic E-state index is -0.761. The number of benzene rings is 1. The number of nitrogens with zero attached hydrogens (tertiary/aromatic N) is 1. The molecule has 1 atom stereocenters. The van der Waals surface area contributed by atoms with Crippen LogP contribution in [0, 0.1) is 5.92 Å². The molecule has 1 saturated carbocycles. The summed E-state index contributed by atoms with van der Waals surface area (Å²) in [6, 6.07) is 8.92. The highest BCUT2D eigenvalue weighted by molar-refractivity contribution is 5.88. The summed E-state index contributed by atoms with van der Waals surface area (Å²) in [5, 5.41) is 14.7. The van der Waals surface area contributed by atoms with E-state index in [1.807, 2.05) is 30.3 Å². The SMILES string of the molecule is O=C(NC1CCC(C(=O)O)CC1)NC1CCN(Cc2ccccc2)C1=O. The summed E-state index contributed by atoms with van der Waals surface area (Å²) in [5.41, 5.74) is 1.07. The van der Waals surface area contributed by atoms with Gasteiger partial charge in [0.2, 0.25) is 5.91 Å². The summed E-state index contributed by atoms with van der Waals surface area (Å²) in [7, 11) is 0. The van der Waals surface area contributed by atoms with E-state index in [0.717, 1.165) is 5.56 Å². The molecule has 0 radical (unpaired) electrons. The first-order valence-electron chi connectivity index (χ1n) is 9.15. The van der Waals surface area contributed by atoms with E-state index in [9.17, 15) is 14.4 Å². The molecule has 1 aliphatic carbocycles. The predicted octanol–water partition coefficient (Wildman–Crippen LogP) is 1.73. The van der Waals surface area contributed by atoms with Crippen LogP contribution in [0.5, 0.6) is 0 Å². The number of carbonyl (C=O) groups excluding carboxylic acids is 2. The molecule has 3 N–H and O–H groups in total. The van der Waals surface area contributed by atoms with Gasteiger partial charge in [0.05, 0.1) is 5.92 Å². The van der Waals surface area contributed by atoms with Crippen LogP contribution in [0.25, 0.3) is 0 Å². The number of carbonyl (C=O) groups is 3. The fraction of sp³-hybridized carbons (Fsp3) is 0.526. The summed E-state index contributed by atoms with van der Waals surface area (Å²) in [6.07, 6.45) is 3.07. The monoisotopic (exact) mass is 359 g/mol. The molecule has 1 aromatic carbocycles. The average Bonchev–Trinajstić information content (AvgIpc) is 2.96. The fourth-order valence-corrected chi connectivity index (χ4v) is 3.70. The van der Waals surface area contributed by atoms with Crippen molar-refractivity contribution in [2.75, 3.05) is 6.54 Å². The number of nitrogens with one attached hydrogen (secondary N) is 2. The van der Waals surface area contributed by atoms with E-state index >= 15 is 0 Å². The van der Waals surface area contributed by atoms with Gasteiger partial charge in [-0.2, -0.15) is 0 Å². The Hall–Kier alpha value is -2.57. The lowest BCUT2D eigenvalue weighted by molar-refractivity contribution is -0.142. The number of likely N-dealkylation sites (tertiary alicyclic amines) is 1. The number of hydrogen-bond donors (Lipinski definition) is 3. The second kappa shape index (κ2) is 8.21. The molecule has 1 heterocycles. The van der Waals surface area contributed by atoms with Crippen LogP contribution in [0.15, 0.2) is 30.3 Å². The molecule has 2 aliphatic rings. The maximum atomic E-state index is 12.5. The lowest BCUT2D eigenvalue weighted by Crippen LogP contribution is -2.49. The number of carboxylic acid groups (broad SMARTS) is 1. The molecule has 140 valence electrons. The van der Waals surface area contributed by atoms with Gasteiger partial charge in [0, 0.05) is 19.1 Å². The van der Waals surface area contributed by atoms with Gasteiger partial charge < -0.3 is 20.6 Å². The van der Waals surface area contributed by atoms with Crippen LogP contribution in [-0.4, -0.2) is 46.5 Å². The normalized spacial score (nSPS) is 25.8. The minimum absolute atomic E-state index is 0.0254. The highest BCUT2D eigenvalue weighted by Crippen LogP contribution is 2.24. The molecule has 1 aromatic rings. The number of rotatable bonds is 5. The van der Waals surface area contributed by atoms with Crippen molar-refractivity contribution in [1.82, 2.24) is 15.5 Å². The second-order valence-corrected chi connectivity index (χ2v) is 7.09. The molecular formula is C19H25N3O4. The van der Waals surface area contributed by atoms with E-state index < -0.39 is 12.0 Å². The Morgan fingerprint density at radius 1 is 1.04 bits per heavy atom. The molecule has 2 fully saturated rings. The molecule has 7 heteroatoms. The van der Waals surface area contributed by atoms with Gasteiger partial charge in [-0.1, -0.05) is 30.3 Å². The number of urea groups is 1. The van der Waals surface area contributed by atoms with E-state index in [1.54, 1.807) is 4.90 Å². The van der Waals surface area contributed by atoms with Crippen LogP contribution < -0.4 is 10.6 Å². The maximum absolute atomic E-state index is 12.5. The Morgan fingerprint density at radius 2 is 1.73 bits per heavy atom. The molecule has 1 aliphatic heterocycles. The van der Waals surface area contributed by atoms with Gasteiger partial charge in [-0.25, -0.2) is 4.79 Å². The Kier molecular flexibility index (Phi) is 5.75. The predicted molar refractivity (Wildman–Crippen MR) is 95.3 cm³/mol. The third-order valence-electron chi connectivity index (χ3n) is 5.23. The number of hydrogen-bond acceptors (Lipinski definition) is 3. The van der Waals surface area contributed by atoms with Crippen LogP contribution in [0.3, 0.4) is 0 Å². The van der Waals surface area contributed by atoms with Crippen LogP contribution >= 0.6 is 0 Å². The molecule has 0 spiro atoms. The quantitative estimate of drug-likeness (QED) is 0.745. The highest BCUT2D eigenvalue weighted by atomic mass is 16.4. The smallest absolute Gasteiger partial charge is 0.315 e. The zero-order valence-corrected chi connectivity index (χ0v) is 14.7. The van der Waals surface area contributed by atoms with Crippen molar-refractivity contribution in [2.24, 2.45) is 5.92 Å². The van der Waals surface area contributed by atoms with Crippen LogP contribution in [0.4, 0.5) is 4.79 Å². The minimum Gasteiger partial charge on any atom is -0.481 e. The Morgan fingerprint density at radius 3 is 2.38 bits per heavy atom. The van der Waals surface area contributed by atoms with Crippen LogP contribution in [-0.2, 0) is 16.1 Å². The van der Waals surface area contributed by atoms with Crippen LogP contribution in [0.2, 0.25) is 0 Å². The highest BCUT2D eigenvalue weighted by Gasteiger charge is 2.33. The molecule has 1 saturated heterocycles. The zero-order chi connectivity index (χ0) is 18.5. The van der Waals surface area contributed by atoms with Crippen molar-refractivity contribution in [2.45, 2.75) is 50.7 Å². The standard InChI is InChI=1S/C19H25N3O4/c23-17-16(10-11-22(17)12-13-4-2-1-3-5-13)21-19(26)20-15-8-6-14(7-9-15)18(24)25/h1-5,14-16H,6-12H2,(H,24,25)(H2,20,21,26). The Labute approximate surface area is 152 Å². The van der Waals surface area contributed by atoms with Gasteiger partial charge in [0.25, 0.3) is 0 Å². The third-order valence-corrected chi connectivity index (χ3v) is 5.23. The lowest BCUT2D eigenvalue weighted by Gasteiger charge is -2.27. The lowest BCUT2D eigenvalue weighted by atomic mass is 9.86. The van der Waals surface area contributed by atoms with Crippen molar-refractivity contribution in [3.63, 3.8) is 0 Å². The van der Waals surface area contributed by atoms with E-state index in [4.69, 9.17) is 5.11 Å². The molecule has 1 unspecified atom stereocenters. The van der Waals surface area contributed by atoms with Crippen molar-refractivity contribution in [3.05, 3.63) is 35.9 Å². The maximum Gasteiger partial charge on any atom is 0.315 e. The van der Waals surface area contributed by atoms with E-state index in [-0.39, 0.29) is 23.9 Å². The number of amides is 3. The zero-order valence-electron chi connectivity index (χ0n) is 14.7. The van der Waals surface area contributed by atoms with Gasteiger partial charge in [-0.3, -0.25) is 9.59 Å². The molecule has 3 amide bonds. The average molecular weight is 359 g/mol. The summed E-state index contributed by atoms with van der Waals surface area (Å²) < 4.78 is 0. The third kappa shape index (κ3) is 4.53. The fourth-order valence-electron chi connectivity index (χ4n) is 3.70. The van der Waals surface area contributed by atoms with Crippen molar-refractivity contribution in [1.29, 1.82) is 0 Å². The summed E-state index contributed by atoms with van der Waals surface area (Å²) in [4.78, 5) is 37.4. The first-order chi connectivity index (χ1) is 12.5. The summed E-state index contributed by atoms with van der Waals surface area (Å²) >= 11 is 0. The van der Waals surface area contributed by atoms with Gasteiger partial charge in [-0.05, 0) is 37.7 Å². The van der Waals surface area contributed by atoms with Gasteiger partial charge >= 0.3 is 12.0 Å². The van der Waals surface area contributed by atoms with E-state index in [2.05, 4.69) is 10.6 Å². The summed E-state index contributed by atoms with van der Waals surface area (Å²) in [5.74, 6) is -1.12. The first-order valence-corrected chi connectivity index (χ1v) is 9.15. The van der Waals surface area contributed by atoms with Gasteiger partial charge in [-0.15, -0.1) is 0 Å². The Balaban J connectivity index is 1.43. The molecule has 3 rings (SSSR count). The van der Waals surface area contributed by atoms with Crippen molar-refractivity contribution < 1.29 is 19.5 Å². The molecule has 0 aromatic heterocycles. The topological polar surface area (TPSA) is 98.7 Å². The van der Waals surface area contributed by atoms with Crippen molar-refractivity contribution >= 4 is 17.9 Å². The molecular weight excluding hydrogens is 334 g/mol. The van der Waals surface area contributed by atoms with Gasteiger partial charge in [0.15, 0.2) is 0 Å². The Bertz CT molecular complexity index is 656. The number of carboxylic acids is 1. The summed E-state index contributed by atoms with van der Waals surface area (Å²) in [6.45, 7) is 1.18. The molecule has 0 bridgehead atoms.